The van der Waals surface area contributed by atoms with Gasteiger partial charge in [-0.3, -0.25) is 9.59 Å². The van der Waals surface area contributed by atoms with E-state index in [4.69, 9.17) is 4.74 Å². The first kappa shape index (κ1) is 17.7. The van der Waals surface area contributed by atoms with Gasteiger partial charge in [0, 0.05) is 6.54 Å². The van der Waals surface area contributed by atoms with Crippen molar-refractivity contribution in [1.82, 2.24) is 4.90 Å². The SMILES string of the molecule is O=C1C[C@@H]2[C@H](O1)[C@H](OS(=O)(=O)C(F)(F)F)C(=O)N2Cc1ccccc1. The number of fused-ring (bicyclic) bond motifs is 1. The third-order valence-corrected chi connectivity index (χ3v) is 4.98. The van der Waals surface area contributed by atoms with Gasteiger partial charge in [0.2, 0.25) is 0 Å². The van der Waals surface area contributed by atoms with Crippen LogP contribution in [-0.4, -0.2) is 49.0 Å². The zero-order valence-electron chi connectivity index (χ0n) is 12.5. The molecule has 0 aromatic heterocycles. The van der Waals surface area contributed by atoms with Gasteiger partial charge in [0.05, 0.1) is 12.5 Å². The van der Waals surface area contributed by atoms with Crippen LogP contribution in [-0.2, 0) is 35.2 Å². The lowest BCUT2D eigenvalue weighted by atomic mass is 10.1. The van der Waals surface area contributed by atoms with Crippen LogP contribution in [0, 0.1) is 0 Å². The maximum absolute atomic E-state index is 12.5. The first-order valence-electron chi connectivity index (χ1n) is 7.13. The Bertz CT molecular complexity index is 795. The lowest BCUT2D eigenvalue weighted by Crippen LogP contribution is -2.39. The molecule has 136 valence electrons. The monoisotopic (exact) mass is 379 g/mol. The van der Waals surface area contributed by atoms with E-state index in [0.717, 1.165) is 4.90 Å². The van der Waals surface area contributed by atoms with E-state index in [9.17, 15) is 31.2 Å². The molecular formula is C14H12F3NO6S. The smallest absolute Gasteiger partial charge is 0.457 e. The molecule has 2 aliphatic rings. The summed E-state index contributed by atoms with van der Waals surface area (Å²) in [5, 5.41) is 0. The maximum Gasteiger partial charge on any atom is 0.523 e. The van der Waals surface area contributed by atoms with Gasteiger partial charge in [0.25, 0.3) is 5.91 Å². The van der Waals surface area contributed by atoms with Crippen LogP contribution >= 0.6 is 0 Å². The third kappa shape index (κ3) is 3.21. The minimum Gasteiger partial charge on any atom is -0.457 e. The Morgan fingerprint density at radius 2 is 1.84 bits per heavy atom. The van der Waals surface area contributed by atoms with Crippen LogP contribution in [0.15, 0.2) is 30.3 Å². The van der Waals surface area contributed by atoms with E-state index in [2.05, 4.69) is 4.18 Å². The fraction of sp³-hybridized carbons (Fsp3) is 0.429. The average Bonchev–Trinajstić information content (AvgIpc) is 2.99. The van der Waals surface area contributed by atoms with Gasteiger partial charge in [0.15, 0.2) is 12.2 Å². The number of hydrogen-bond donors (Lipinski definition) is 0. The number of ether oxygens (including phenoxy) is 1. The Hall–Kier alpha value is -2.14. The van der Waals surface area contributed by atoms with Crippen molar-refractivity contribution in [3.8, 4) is 0 Å². The van der Waals surface area contributed by atoms with Crippen LogP contribution in [0.1, 0.15) is 12.0 Å². The molecule has 2 saturated heterocycles. The zero-order chi connectivity index (χ0) is 18.4. The quantitative estimate of drug-likeness (QED) is 0.440. The first-order valence-corrected chi connectivity index (χ1v) is 8.54. The number of benzene rings is 1. The summed E-state index contributed by atoms with van der Waals surface area (Å²) in [7, 11) is -6.01. The summed E-state index contributed by atoms with van der Waals surface area (Å²) in [5.41, 5.74) is -5.02. The molecule has 3 rings (SSSR count). The van der Waals surface area contributed by atoms with Crippen LogP contribution in [0.4, 0.5) is 13.2 Å². The van der Waals surface area contributed by atoms with Gasteiger partial charge in [-0.25, -0.2) is 4.18 Å². The highest BCUT2D eigenvalue weighted by atomic mass is 32.2. The summed E-state index contributed by atoms with van der Waals surface area (Å²) in [5.74, 6) is -1.71. The number of hydrogen-bond acceptors (Lipinski definition) is 6. The van der Waals surface area contributed by atoms with Crippen molar-refractivity contribution in [3.05, 3.63) is 35.9 Å². The van der Waals surface area contributed by atoms with Crippen LogP contribution in [0.5, 0.6) is 0 Å². The van der Waals surface area contributed by atoms with Crippen molar-refractivity contribution in [3.63, 3.8) is 0 Å². The minimum absolute atomic E-state index is 0.0105. The van der Waals surface area contributed by atoms with Crippen LogP contribution in [0.3, 0.4) is 0 Å². The van der Waals surface area contributed by atoms with Crippen LogP contribution in [0.2, 0.25) is 0 Å². The van der Waals surface area contributed by atoms with Gasteiger partial charge in [0.1, 0.15) is 0 Å². The molecule has 0 spiro atoms. The van der Waals surface area contributed by atoms with Crippen molar-refractivity contribution >= 4 is 22.0 Å². The molecule has 0 aliphatic carbocycles. The van der Waals surface area contributed by atoms with E-state index < -0.39 is 45.8 Å². The molecule has 2 fully saturated rings. The molecule has 0 bridgehead atoms. The highest BCUT2D eigenvalue weighted by Crippen LogP contribution is 2.36. The standard InChI is InChI=1S/C14H12F3NO6S/c15-14(16,17)25(21,22)24-12-11-9(6-10(19)23-11)18(13(12)20)7-8-4-2-1-3-5-8/h1-5,9,11-12H,6-7H2/t9-,11+,12+/m1/s1. The summed E-state index contributed by atoms with van der Waals surface area (Å²) in [6.07, 6.45) is -3.69. The Balaban J connectivity index is 1.87. The summed E-state index contributed by atoms with van der Waals surface area (Å²) >= 11 is 0. The summed E-state index contributed by atoms with van der Waals surface area (Å²) in [6, 6.07) is 7.62. The topological polar surface area (TPSA) is 90.0 Å². The van der Waals surface area contributed by atoms with E-state index in [1.165, 1.54) is 0 Å². The van der Waals surface area contributed by atoms with Gasteiger partial charge in [-0.1, -0.05) is 30.3 Å². The lowest BCUT2D eigenvalue weighted by molar-refractivity contribution is -0.147. The van der Waals surface area contributed by atoms with Gasteiger partial charge in [-0.2, -0.15) is 21.6 Å². The Labute approximate surface area is 140 Å². The fourth-order valence-corrected chi connectivity index (χ4v) is 3.42. The van der Waals surface area contributed by atoms with E-state index >= 15 is 0 Å². The molecule has 1 aromatic carbocycles. The molecule has 0 unspecified atom stereocenters. The van der Waals surface area contributed by atoms with Crippen molar-refractivity contribution in [2.75, 3.05) is 0 Å². The molecule has 1 amide bonds. The van der Waals surface area contributed by atoms with Gasteiger partial charge in [-0.15, -0.1) is 0 Å². The molecule has 25 heavy (non-hydrogen) atoms. The van der Waals surface area contributed by atoms with Crippen molar-refractivity contribution < 1.29 is 40.1 Å². The largest absolute Gasteiger partial charge is 0.523 e. The molecule has 0 N–H and O–H groups in total. The van der Waals surface area contributed by atoms with E-state index in [1.807, 2.05) is 0 Å². The Morgan fingerprint density at radius 1 is 1.20 bits per heavy atom. The minimum atomic E-state index is -6.01. The van der Waals surface area contributed by atoms with Crippen LogP contribution in [0.25, 0.3) is 0 Å². The molecule has 2 heterocycles. The maximum atomic E-state index is 12.5. The second kappa shape index (κ2) is 5.99. The molecule has 11 heteroatoms. The predicted molar refractivity (Wildman–Crippen MR) is 75.1 cm³/mol. The van der Waals surface area contributed by atoms with Crippen molar-refractivity contribution in [2.24, 2.45) is 0 Å². The number of amides is 1. The van der Waals surface area contributed by atoms with Gasteiger partial charge >= 0.3 is 21.6 Å². The normalized spacial score (nSPS) is 26.7. The van der Waals surface area contributed by atoms with Gasteiger partial charge in [-0.05, 0) is 5.56 Å². The predicted octanol–water partition coefficient (Wildman–Crippen LogP) is 0.948. The summed E-state index contributed by atoms with van der Waals surface area (Å²) in [6.45, 7) is -0.0105. The number of nitrogens with zero attached hydrogens (tertiary/aromatic N) is 1. The number of rotatable bonds is 4. The lowest BCUT2D eigenvalue weighted by Gasteiger charge is -2.21. The van der Waals surface area contributed by atoms with E-state index in [-0.39, 0.29) is 13.0 Å². The number of alkyl halides is 3. The second-order valence-corrected chi connectivity index (χ2v) is 7.16. The number of carbonyl (C=O) groups is 2. The van der Waals surface area contributed by atoms with Gasteiger partial charge < -0.3 is 9.64 Å². The number of carbonyl (C=O) groups excluding carboxylic acids is 2. The number of likely N-dealkylation sites (tertiary alicyclic amines) is 1. The zero-order valence-corrected chi connectivity index (χ0v) is 13.3. The molecule has 7 nitrogen and oxygen atoms in total. The van der Waals surface area contributed by atoms with E-state index in [1.54, 1.807) is 30.3 Å². The molecule has 1 aromatic rings. The highest BCUT2D eigenvalue weighted by molar-refractivity contribution is 7.87. The number of esters is 1. The second-order valence-electron chi connectivity index (χ2n) is 5.59. The Morgan fingerprint density at radius 3 is 2.44 bits per heavy atom. The molecule has 0 radical (unpaired) electrons. The summed E-state index contributed by atoms with van der Waals surface area (Å²) in [4.78, 5) is 25.0. The highest BCUT2D eigenvalue weighted by Gasteiger charge is 2.60. The average molecular weight is 379 g/mol. The van der Waals surface area contributed by atoms with Crippen molar-refractivity contribution in [2.45, 2.75) is 36.7 Å². The third-order valence-electron chi connectivity index (χ3n) is 3.96. The van der Waals surface area contributed by atoms with E-state index in [0.29, 0.717) is 5.56 Å². The molecule has 3 atom stereocenters. The first-order chi connectivity index (χ1) is 11.6. The Kier molecular flexibility index (Phi) is 4.23. The van der Waals surface area contributed by atoms with Crippen molar-refractivity contribution in [1.29, 1.82) is 0 Å². The molecular weight excluding hydrogens is 367 g/mol. The molecule has 0 saturated carbocycles. The fourth-order valence-electron chi connectivity index (χ4n) is 2.85. The molecule has 2 aliphatic heterocycles. The van der Waals surface area contributed by atoms with Crippen LogP contribution < -0.4 is 0 Å². The number of halogens is 3. The summed E-state index contributed by atoms with van der Waals surface area (Å²) < 4.78 is 69.0.